The van der Waals surface area contributed by atoms with Crippen molar-refractivity contribution in [1.29, 1.82) is 0 Å². The van der Waals surface area contributed by atoms with Crippen LogP contribution in [0.4, 0.5) is 5.82 Å². The molecule has 0 aromatic carbocycles. The fourth-order valence-corrected chi connectivity index (χ4v) is 3.48. The van der Waals surface area contributed by atoms with Gasteiger partial charge in [0.25, 0.3) is 0 Å². The van der Waals surface area contributed by atoms with Crippen molar-refractivity contribution in [1.82, 2.24) is 15.3 Å². The quantitative estimate of drug-likeness (QED) is 0.440. The number of anilines is 1. The number of nitrogens with two attached hydrogens (primary N) is 1. The second-order valence-electron chi connectivity index (χ2n) is 5.68. The Balaban J connectivity index is 2.00. The van der Waals surface area contributed by atoms with Crippen molar-refractivity contribution in [3.8, 4) is 0 Å². The largest absolute Gasteiger partial charge is 0.462 e. The normalized spacial score (nSPS) is 15.9. The van der Waals surface area contributed by atoms with Crippen molar-refractivity contribution in [3.05, 3.63) is 11.8 Å². The Morgan fingerprint density at radius 3 is 2.71 bits per heavy atom. The Morgan fingerprint density at radius 1 is 1.42 bits per heavy atom. The third-order valence-corrected chi connectivity index (χ3v) is 5.14. The van der Waals surface area contributed by atoms with Gasteiger partial charge in [-0.3, -0.25) is 4.79 Å². The number of nitrogens with one attached hydrogen (secondary N) is 1. The van der Waals surface area contributed by atoms with Crippen LogP contribution in [0.2, 0.25) is 0 Å². The highest BCUT2D eigenvalue weighted by Crippen LogP contribution is 2.25. The number of esters is 1. The van der Waals surface area contributed by atoms with Crippen LogP contribution in [0.15, 0.2) is 11.4 Å². The monoisotopic (exact) mass is 352 g/mol. The molecule has 2 rings (SSSR count). The number of nitrogens with zero attached hydrogens (tertiary/aromatic N) is 2. The van der Waals surface area contributed by atoms with Gasteiger partial charge in [0, 0.05) is 12.2 Å². The lowest BCUT2D eigenvalue weighted by Crippen LogP contribution is -2.38. The van der Waals surface area contributed by atoms with Crippen molar-refractivity contribution < 1.29 is 14.3 Å². The number of thioether (sulfide) groups is 1. The average Bonchev–Trinajstić information content (AvgIpc) is 3.05. The predicted octanol–water partition coefficient (Wildman–Crippen LogP) is 2.17. The number of carbonyl (C=O) groups excluding carboxylic acids is 2. The van der Waals surface area contributed by atoms with Crippen LogP contribution in [0, 0.1) is 0 Å². The Bertz CT molecular complexity index is 591. The van der Waals surface area contributed by atoms with Crippen molar-refractivity contribution in [2.75, 3.05) is 12.3 Å². The fourth-order valence-electron chi connectivity index (χ4n) is 2.61. The number of hydrogen-bond donors (Lipinski definition) is 2. The molecule has 1 aliphatic rings. The molecule has 1 aliphatic carbocycles. The minimum atomic E-state index is -0.544. The molecule has 132 valence electrons. The molecule has 7 nitrogen and oxygen atoms in total. The van der Waals surface area contributed by atoms with Gasteiger partial charge in [0.1, 0.15) is 11.4 Å². The summed E-state index contributed by atoms with van der Waals surface area (Å²) in [5, 5.41) is 3.19. The molecular weight excluding hydrogens is 328 g/mol. The van der Waals surface area contributed by atoms with Crippen molar-refractivity contribution in [3.63, 3.8) is 0 Å². The van der Waals surface area contributed by atoms with E-state index in [0.29, 0.717) is 11.6 Å². The summed E-state index contributed by atoms with van der Waals surface area (Å²) in [4.78, 5) is 32.4. The van der Waals surface area contributed by atoms with E-state index in [1.54, 1.807) is 6.92 Å². The highest BCUT2D eigenvalue weighted by atomic mass is 32.2. The third-order valence-electron chi connectivity index (χ3n) is 3.90. The molecule has 0 bridgehead atoms. The summed E-state index contributed by atoms with van der Waals surface area (Å²) in [5.41, 5.74) is 5.96. The van der Waals surface area contributed by atoms with Crippen LogP contribution in [0.1, 0.15) is 56.3 Å². The lowest BCUT2D eigenvalue weighted by molar-refractivity contribution is -0.121. The number of ether oxygens (including phenoxy) is 1. The van der Waals surface area contributed by atoms with Crippen LogP contribution in [0.5, 0.6) is 0 Å². The molecule has 0 spiro atoms. The molecule has 0 aliphatic heterocycles. The topological polar surface area (TPSA) is 107 Å². The maximum absolute atomic E-state index is 12.4. The number of carbonyl (C=O) groups is 2. The van der Waals surface area contributed by atoms with Crippen LogP contribution in [0.3, 0.4) is 0 Å². The standard InChI is InChI=1S/C16H24N4O3S/c1-3-12(14(21)19-10-7-5-6-8-10)24-16-18-9-11(13(17)20-16)15(22)23-4-2/h9-10,12H,3-8H2,1-2H3,(H,19,21)(H2,17,18,20). The molecule has 8 heteroatoms. The van der Waals surface area contributed by atoms with Crippen LogP contribution >= 0.6 is 11.8 Å². The van der Waals surface area contributed by atoms with E-state index < -0.39 is 5.97 Å². The number of hydrogen-bond acceptors (Lipinski definition) is 7. The van der Waals surface area contributed by atoms with Crippen molar-refractivity contribution >= 4 is 29.5 Å². The van der Waals surface area contributed by atoms with Gasteiger partial charge in [-0.25, -0.2) is 14.8 Å². The van der Waals surface area contributed by atoms with E-state index in [1.165, 1.54) is 30.8 Å². The number of amides is 1. The Morgan fingerprint density at radius 2 is 2.12 bits per heavy atom. The summed E-state index contributed by atoms with van der Waals surface area (Å²) in [7, 11) is 0. The van der Waals surface area contributed by atoms with Gasteiger partial charge in [-0.1, -0.05) is 31.5 Å². The van der Waals surface area contributed by atoms with Gasteiger partial charge in [-0.15, -0.1) is 0 Å². The van der Waals surface area contributed by atoms with E-state index >= 15 is 0 Å². The molecule has 3 N–H and O–H groups in total. The van der Waals surface area contributed by atoms with Crippen molar-refractivity contribution in [2.24, 2.45) is 0 Å². The first-order valence-electron chi connectivity index (χ1n) is 8.31. The smallest absolute Gasteiger partial charge is 0.343 e. The van der Waals surface area contributed by atoms with E-state index in [1.807, 2.05) is 6.92 Å². The molecule has 1 aromatic heterocycles. The summed E-state index contributed by atoms with van der Waals surface area (Å²) >= 11 is 1.26. The molecule has 1 amide bonds. The van der Waals surface area contributed by atoms with Crippen LogP contribution in [0.25, 0.3) is 0 Å². The molecular formula is C16H24N4O3S. The fraction of sp³-hybridized carbons (Fsp3) is 0.625. The molecule has 24 heavy (non-hydrogen) atoms. The summed E-state index contributed by atoms with van der Waals surface area (Å²) in [6.07, 6.45) is 6.44. The van der Waals surface area contributed by atoms with E-state index in [-0.39, 0.29) is 35.2 Å². The lowest BCUT2D eigenvalue weighted by atomic mass is 10.2. The zero-order chi connectivity index (χ0) is 17.5. The first-order valence-corrected chi connectivity index (χ1v) is 9.19. The highest BCUT2D eigenvalue weighted by molar-refractivity contribution is 8.00. The molecule has 1 aromatic rings. The second-order valence-corrected chi connectivity index (χ2v) is 6.85. The van der Waals surface area contributed by atoms with Gasteiger partial charge in [0.2, 0.25) is 5.91 Å². The number of rotatable bonds is 7. The number of nitrogen functional groups attached to an aromatic ring is 1. The maximum atomic E-state index is 12.4. The molecule has 1 fully saturated rings. The van der Waals surface area contributed by atoms with E-state index in [4.69, 9.17) is 10.5 Å². The molecule has 0 radical (unpaired) electrons. The van der Waals surface area contributed by atoms with Gasteiger partial charge >= 0.3 is 5.97 Å². The summed E-state index contributed by atoms with van der Waals surface area (Å²) in [5.74, 6) is -0.472. The molecule has 1 unspecified atom stereocenters. The maximum Gasteiger partial charge on any atom is 0.343 e. The van der Waals surface area contributed by atoms with E-state index in [0.717, 1.165) is 12.8 Å². The number of aromatic nitrogens is 2. The van der Waals surface area contributed by atoms with Gasteiger partial charge in [-0.05, 0) is 26.2 Å². The van der Waals surface area contributed by atoms with Gasteiger partial charge in [-0.2, -0.15) is 0 Å². The molecule has 1 heterocycles. The van der Waals surface area contributed by atoms with Gasteiger partial charge in [0.05, 0.1) is 11.9 Å². The Kier molecular flexibility index (Phi) is 6.84. The minimum Gasteiger partial charge on any atom is -0.462 e. The highest BCUT2D eigenvalue weighted by Gasteiger charge is 2.24. The van der Waals surface area contributed by atoms with Gasteiger partial charge < -0.3 is 15.8 Å². The zero-order valence-corrected chi connectivity index (χ0v) is 14.9. The van der Waals surface area contributed by atoms with E-state index in [9.17, 15) is 9.59 Å². The van der Waals surface area contributed by atoms with Crippen molar-refractivity contribution in [2.45, 2.75) is 62.4 Å². The van der Waals surface area contributed by atoms with Crippen LogP contribution < -0.4 is 11.1 Å². The first kappa shape index (κ1) is 18.5. The van der Waals surface area contributed by atoms with Gasteiger partial charge in [0.15, 0.2) is 5.16 Å². The zero-order valence-electron chi connectivity index (χ0n) is 14.1. The average molecular weight is 352 g/mol. The summed E-state index contributed by atoms with van der Waals surface area (Å²) < 4.78 is 4.89. The molecule has 0 saturated heterocycles. The van der Waals surface area contributed by atoms with Crippen LogP contribution in [-0.2, 0) is 9.53 Å². The summed E-state index contributed by atoms with van der Waals surface area (Å²) in [6, 6.07) is 0.282. The Labute approximate surface area is 146 Å². The molecule has 1 saturated carbocycles. The second kappa shape index (κ2) is 8.86. The SMILES string of the molecule is CCOC(=O)c1cnc(SC(CC)C(=O)NC2CCCC2)nc1N. The Hall–Kier alpha value is -1.83. The molecule has 1 atom stereocenters. The lowest BCUT2D eigenvalue weighted by Gasteiger charge is -2.17. The van der Waals surface area contributed by atoms with E-state index in [2.05, 4.69) is 15.3 Å². The summed E-state index contributed by atoms with van der Waals surface area (Å²) in [6.45, 7) is 3.92. The van der Waals surface area contributed by atoms with Crippen LogP contribution in [-0.4, -0.2) is 39.7 Å². The third kappa shape index (κ3) is 4.83. The minimum absolute atomic E-state index is 0.00559. The first-order chi connectivity index (χ1) is 11.5. The predicted molar refractivity (Wildman–Crippen MR) is 92.7 cm³/mol.